The quantitative estimate of drug-likeness (QED) is 0.823. The molecule has 1 saturated heterocycles. The fourth-order valence-electron chi connectivity index (χ4n) is 1.78. The molecule has 1 N–H and O–H groups in total. The normalized spacial score (nSPS) is 24.1. The molecule has 3 amide bonds. The molecule has 1 aliphatic rings. The van der Waals surface area contributed by atoms with Gasteiger partial charge in [-0.05, 0) is 25.5 Å². The summed E-state index contributed by atoms with van der Waals surface area (Å²) in [7, 11) is 0. The number of benzene rings is 1. The van der Waals surface area contributed by atoms with E-state index in [9.17, 15) is 9.59 Å². The molecule has 2 rings (SSSR count). The minimum atomic E-state index is -0.837. The van der Waals surface area contributed by atoms with Crippen LogP contribution in [-0.2, 0) is 4.79 Å². The molecule has 1 atom stereocenters. The smallest absolute Gasteiger partial charge is 0.323 e. The minimum absolute atomic E-state index is 0.266. The molecule has 1 heterocycles. The summed E-state index contributed by atoms with van der Waals surface area (Å²) in [6.07, 6.45) is 0.540. The average molecular weight is 253 g/mol. The third-order valence-electron chi connectivity index (χ3n) is 3.06. The van der Waals surface area contributed by atoms with Crippen molar-refractivity contribution in [2.45, 2.75) is 25.8 Å². The van der Waals surface area contributed by atoms with Crippen molar-refractivity contribution in [3.05, 3.63) is 29.3 Å². The SMILES string of the molecule is CCC1(C)NC(=O)N(c2ccccc2Cl)C1=O. The van der Waals surface area contributed by atoms with Crippen LogP contribution in [-0.4, -0.2) is 17.5 Å². The highest BCUT2D eigenvalue weighted by Crippen LogP contribution is 2.31. The Hall–Kier alpha value is -1.55. The number of hydrogen-bond acceptors (Lipinski definition) is 2. The van der Waals surface area contributed by atoms with E-state index in [2.05, 4.69) is 5.32 Å². The number of rotatable bonds is 2. The van der Waals surface area contributed by atoms with E-state index in [4.69, 9.17) is 11.6 Å². The van der Waals surface area contributed by atoms with Gasteiger partial charge in [-0.3, -0.25) is 4.79 Å². The Labute approximate surface area is 105 Å². The van der Waals surface area contributed by atoms with E-state index >= 15 is 0 Å². The maximum Gasteiger partial charge on any atom is 0.329 e. The summed E-state index contributed by atoms with van der Waals surface area (Å²) in [6.45, 7) is 3.57. The first-order chi connectivity index (χ1) is 7.99. The molecule has 17 heavy (non-hydrogen) atoms. The molecule has 1 aromatic rings. The Bertz CT molecular complexity index is 489. The average Bonchev–Trinajstić information content (AvgIpc) is 2.52. The van der Waals surface area contributed by atoms with Gasteiger partial charge in [0.15, 0.2) is 0 Å². The second-order valence-electron chi connectivity index (χ2n) is 4.21. The molecule has 5 heteroatoms. The van der Waals surface area contributed by atoms with E-state index in [1.807, 2.05) is 6.92 Å². The van der Waals surface area contributed by atoms with Crippen LogP contribution in [0.1, 0.15) is 20.3 Å². The molecule has 4 nitrogen and oxygen atoms in total. The van der Waals surface area contributed by atoms with Crippen LogP contribution in [0.5, 0.6) is 0 Å². The van der Waals surface area contributed by atoms with E-state index in [0.29, 0.717) is 17.1 Å². The van der Waals surface area contributed by atoms with Crippen LogP contribution in [0.25, 0.3) is 0 Å². The second-order valence-corrected chi connectivity index (χ2v) is 4.61. The van der Waals surface area contributed by atoms with E-state index in [0.717, 1.165) is 4.90 Å². The Morgan fingerprint density at radius 1 is 1.35 bits per heavy atom. The lowest BCUT2D eigenvalue weighted by Crippen LogP contribution is -2.43. The van der Waals surface area contributed by atoms with Gasteiger partial charge >= 0.3 is 6.03 Å². The number of anilines is 1. The van der Waals surface area contributed by atoms with Crippen LogP contribution in [0.15, 0.2) is 24.3 Å². The molecule has 90 valence electrons. The van der Waals surface area contributed by atoms with Gasteiger partial charge in [-0.15, -0.1) is 0 Å². The predicted molar refractivity (Wildman–Crippen MR) is 66.2 cm³/mol. The molecule has 0 bridgehead atoms. The number of hydrogen-bond donors (Lipinski definition) is 1. The van der Waals surface area contributed by atoms with Gasteiger partial charge in [0.25, 0.3) is 5.91 Å². The zero-order chi connectivity index (χ0) is 12.6. The number of nitrogens with one attached hydrogen (secondary N) is 1. The number of carbonyl (C=O) groups excluding carboxylic acids is 2. The van der Waals surface area contributed by atoms with Crippen LogP contribution >= 0.6 is 11.6 Å². The largest absolute Gasteiger partial charge is 0.329 e. The van der Waals surface area contributed by atoms with Crippen LogP contribution < -0.4 is 10.2 Å². The second kappa shape index (κ2) is 4.04. The number of nitrogens with zero attached hydrogens (tertiary/aromatic N) is 1. The first-order valence-electron chi connectivity index (χ1n) is 5.41. The van der Waals surface area contributed by atoms with Crippen molar-refractivity contribution in [3.63, 3.8) is 0 Å². The zero-order valence-corrected chi connectivity index (χ0v) is 10.4. The third kappa shape index (κ3) is 1.78. The van der Waals surface area contributed by atoms with E-state index in [-0.39, 0.29) is 5.91 Å². The molecular formula is C12H13ClN2O2. The van der Waals surface area contributed by atoms with Gasteiger partial charge in [0.1, 0.15) is 5.54 Å². The fraction of sp³-hybridized carbons (Fsp3) is 0.333. The lowest BCUT2D eigenvalue weighted by atomic mass is 9.99. The fourth-order valence-corrected chi connectivity index (χ4v) is 2.00. The number of halogens is 1. The highest BCUT2D eigenvalue weighted by molar-refractivity contribution is 6.36. The Morgan fingerprint density at radius 3 is 2.53 bits per heavy atom. The Balaban J connectivity index is 2.45. The molecule has 0 aliphatic carbocycles. The van der Waals surface area contributed by atoms with Gasteiger partial charge in [0.05, 0.1) is 10.7 Å². The Kier molecular flexibility index (Phi) is 2.83. The van der Waals surface area contributed by atoms with Crippen LogP contribution in [0, 0.1) is 0 Å². The van der Waals surface area contributed by atoms with Gasteiger partial charge in [-0.1, -0.05) is 30.7 Å². The van der Waals surface area contributed by atoms with Gasteiger partial charge in [-0.25, -0.2) is 9.69 Å². The van der Waals surface area contributed by atoms with E-state index in [1.54, 1.807) is 31.2 Å². The topological polar surface area (TPSA) is 49.4 Å². The summed E-state index contributed by atoms with van der Waals surface area (Å²) in [5.74, 6) is -0.266. The third-order valence-corrected chi connectivity index (χ3v) is 3.38. The van der Waals surface area contributed by atoms with Crippen molar-refractivity contribution in [2.75, 3.05) is 4.90 Å². The summed E-state index contributed by atoms with van der Waals surface area (Å²) in [4.78, 5) is 25.2. The number of urea groups is 1. The molecule has 0 radical (unpaired) electrons. The Morgan fingerprint density at radius 2 is 2.00 bits per heavy atom. The van der Waals surface area contributed by atoms with Crippen molar-refractivity contribution in [1.82, 2.24) is 5.32 Å². The molecule has 1 fully saturated rings. The molecule has 0 saturated carbocycles. The highest BCUT2D eigenvalue weighted by Gasteiger charge is 2.47. The summed E-state index contributed by atoms with van der Waals surface area (Å²) in [5.41, 5.74) is -0.412. The lowest BCUT2D eigenvalue weighted by Gasteiger charge is -2.19. The highest BCUT2D eigenvalue weighted by atomic mass is 35.5. The maximum atomic E-state index is 12.2. The number of amides is 3. The van der Waals surface area contributed by atoms with E-state index in [1.165, 1.54) is 0 Å². The number of para-hydroxylation sites is 1. The minimum Gasteiger partial charge on any atom is -0.323 e. The van der Waals surface area contributed by atoms with Gasteiger partial charge < -0.3 is 5.32 Å². The first-order valence-corrected chi connectivity index (χ1v) is 5.78. The standard InChI is InChI=1S/C12H13ClN2O2/c1-3-12(2)10(16)15(11(17)14-12)9-7-5-4-6-8(9)13/h4-7H,3H2,1-2H3,(H,14,17). The predicted octanol–water partition coefficient (Wildman–Crippen LogP) is 2.56. The summed E-state index contributed by atoms with van der Waals surface area (Å²) >= 11 is 6.00. The molecule has 1 aliphatic heterocycles. The first kappa shape index (κ1) is 11.9. The molecular weight excluding hydrogens is 240 g/mol. The molecule has 1 aromatic carbocycles. The summed E-state index contributed by atoms with van der Waals surface area (Å²) < 4.78 is 0. The van der Waals surface area contributed by atoms with Crippen LogP contribution in [0.4, 0.5) is 10.5 Å². The van der Waals surface area contributed by atoms with Crippen molar-refractivity contribution in [3.8, 4) is 0 Å². The lowest BCUT2D eigenvalue weighted by molar-refractivity contribution is -0.121. The van der Waals surface area contributed by atoms with Crippen molar-refractivity contribution >= 4 is 29.2 Å². The summed E-state index contributed by atoms with van der Waals surface area (Å²) in [6, 6.07) is 6.37. The van der Waals surface area contributed by atoms with Crippen LogP contribution in [0.3, 0.4) is 0 Å². The zero-order valence-electron chi connectivity index (χ0n) is 9.66. The van der Waals surface area contributed by atoms with Gasteiger partial charge in [0.2, 0.25) is 0 Å². The van der Waals surface area contributed by atoms with Gasteiger partial charge in [0, 0.05) is 0 Å². The number of imide groups is 1. The number of carbonyl (C=O) groups is 2. The monoisotopic (exact) mass is 252 g/mol. The molecule has 0 spiro atoms. The van der Waals surface area contributed by atoms with Crippen molar-refractivity contribution in [1.29, 1.82) is 0 Å². The van der Waals surface area contributed by atoms with E-state index < -0.39 is 11.6 Å². The van der Waals surface area contributed by atoms with Crippen molar-refractivity contribution in [2.24, 2.45) is 0 Å². The molecule has 0 aromatic heterocycles. The van der Waals surface area contributed by atoms with Gasteiger partial charge in [-0.2, -0.15) is 0 Å². The molecule has 1 unspecified atom stereocenters. The van der Waals surface area contributed by atoms with Crippen LogP contribution in [0.2, 0.25) is 5.02 Å². The van der Waals surface area contributed by atoms with Crippen molar-refractivity contribution < 1.29 is 9.59 Å². The maximum absolute atomic E-state index is 12.2. The summed E-state index contributed by atoms with van der Waals surface area (Å²) in [5, 5.41) is 3.07.